The largest absolute Gasteiger partial charge is 0.490 e. The molecule has 2 aromatic rings. The highest BCUT2D eigenvalue weighted by atomic mass is 79.9. The highest BCUT2D eigenvalue weighted by Crippen LogP contribution is 2.34. The van der Waals surface area contributed by atoms with Crippen LogP contribution in [0.1, 0.15) is 16.5 Å². The first kappa shape index (κ1) is 16.3. The van der Waals surface area contributed by atoms with Crippen molar-refractivity contribution in [3.8, 4) is 5.75 Å². The second kappa shape index (κ2) is 7.78. The van der Waals surface area contributed by atoms with E-state index in [1.165, 1.54) is 12.1 Å². The van der Waals surface area contributed by atoms with E-state index in [0.717, 1.165) is 21.3 Å². The van der Waals surface area contributed by atoms with Crippen molar-refractivity contribution in [2.24, 2.45) is 0 Å². The lowest BCUT2D eigenvalue weighted by atomic mass is 10.0. The van der Waals surface area contributed by atoms with Crippen LogP contribution in [0, 0.1) is 5.82 Å². The van der Waals surface area contributed by atoms with Crippen molar-refractivity contribution in [2.75, 3.05) is 20.3 Å². The number of methoxy groups -OCH3 is 1. The molecule has 5 heteroatoms. The number of benzene rings is 2. The third-order valence-electron chi connectivity index (χ3n) is 2.96. The Bertz CT molecular complexity index is 589. The first-order valence-corrected chi connectivity index (χ1v) is 7.65. The minimum atomic E-state index is -0.338. The molecule has 0 spiro atoms. The average Bonchev–Trinajstić information content (AvgIpc) is 2.49. The molecule has 0 saturated heterocycles. The number of hydrogen-bond acceptors (Lipinski definition) is 2. The van der Waals surface area contributed by atoms with E-state index in [1.54, 1.807) is 19.2 Å². The van der Waals surface area contributed by atoms with Crippen molar-refractivity contribution >= 4 is 27.5 Å². The van der Waals surface area contributed by atoms with Crippen LogP contribution in [0.4, 0.5) is 4.39 Å². The van der Waals surface area contributed by atoms with Crippen LogP contribution < -0.4 is 4.74 Å². The summed E-state index contributed by atoms with van der Waals surface area (Å²) in [7, 11) is 1.63. The Morgan fingerprint density at radius 1 is 1.10 bits per heavy atom. The summed E-state index contributed by atoms with van der Waals surface area (Å²) in [6.45, 7) is 1.01. The van der Waals surface area contributed by atoms with Crippen LogP contribution in [-0.4, -0.2) is 20.3 Å². The van der Waals surface area contributed by atoms with Crippen LogP contribution >= 0.6 is 27.5 Å². The lowest BCUT2D eigenvalue weighted by Gasteiger charge is -2.13. The second-order valence-corrected chi connectivity index (χ2v) is 5.74. The third-order valence-corrected chi connectivity index (χ3v) is 4.08. The molecule has 0 radical (unpaired) electrons. The summed E-state index contributed by atoms with van der Waals surface area (Å²) in [6.07, 6.45) is 0. The van der Waals surface area contributed by atoms with Gasteiger partial charge < -0.3 is 9.47 Å². The van der Waals surface area contributed by atoms with Gasteiger partial charge in [-0.15, -0.1) is 11.6 Å². The third kappa shape index (κ3) is 4.43. The van der Waals surface area contributed by atoms with Crippen molar-refractivity contribution < 1.29 is 13.9 Å². The molecule has 0 aromatic heterocycles. The average molecular weight is 374 g/mol. The predicted molar refractivity (Wildman–Crippen MR) is 85.6 cm³/mol. The number of hydrogen-bond donors (Lipinski definition) is 0. The maximum Gasteiger partial charge on any atom is 0.133 e. The van der Waals surface area contributed by atoms with Crippen molar-refractivity contribution in [1.82, 2.24) is 0 Å². The second-order valence-electron chi connectivity index (χ2n) is 4.45. The molecule has 2 rings (SSSR count). The zero-order valence-corrected chi connectivity index (χ0v) is 13.8. The fourth-order valence-corrected chi connectivity index (χ4v) is 2.64. The standard InChI is InChI=1S/C16H15BrClFO2/c1-20-8-9-21-15-7-4-12(10-14(15)17)16(18)11-2-5-13(19)6-3-11/h2-7,10,16H,8-9H2,1H3. The maximum atomic E-state index is 12.9. The van der Waals surface area contributed by atoms with Crippen LogP contribution in [0.3, 0.4) is 0 Å². The molecular weight excluding hydrogens is 359 g/mol. The molecule has 0 N–H and O–H groups in total. The molecule has 21 heavy (non-hydrogen) atoms. The van der Waals surface area contributed by atoms with Crippen LogP contribution in [0.5, 0.6) is 5.75 Å². The minimum Gasteiger partial charge on any atom is -0.490 e. The summed E-state index contributed by atoms with van der Waals surface area (Å²) in [5.74, 6) is 0.462. The van der Waals surface area contributed by atoms with E-state index in [-0.39, 0.29) is 11.2 Å². The quantitative estimate of drug-likeness (QED) is 0.527. The van der Waals surface area contributed by atoms with Gasteiger partial charge in [0, 0.05) is 7.11 Å². The summed E-state index contributed by atoms with van der Waals surface area (Å²) >= 11 is 9.90. The summed E-state index contributed by atoms with van der Waals surface area (Å²) in [6, 6.07) is 11.8. The van der Waals surface area contributed by atoms with Gasteiger partial charge in [0.15, 0.2) is 0 Å². The Labute approximate surface area is 137 Å². The van der Waals surface area contributed by atoms with E-state index in [1.807, 2.05) is 18.2 Å². The predicted octanol–water partition coefficient (Wildman–Crippen LogP) is 4.94. The Balaban J connectivity index is 2.13. The highest BCUT2D eigenvalue weighted by molar-refractivity contribution is 9.10. The normalized spacial score (nSPS) is 12.2. The van der Waals surface area contributed by atoms with Gasteiger partial charge in [-0.1, -0.05) is 18.2 Å². The molecular formula is C16H15BrClFO2. The molecule has 112 valence electrons. The molecule has 0 amide bonds. The van der Waals surface area contributed by atoms with Crippen molar-refractivity contribution in [3.63, 3.8) is 0 Å². The van der Waals surface area contributed by atoms with Crippen LogP contribution in [-0.2, 0) is 4.74 Å². The highest BCUT2D eigenvalue weighted by Gasteiger charge is 2.13. The number of alkyl halides is 1. The Morgan fingerprint density at radius 3 is 2.38 bits per heavy atom. The van der Waals surface area contributed by atoms with E-state index in [2.05, 4.69) is 15.9 Å². The molecule has 0 saturated carbocycles. The van der Waals surface area contributed by atoms with Crippen LogP contribution in [0.25, 0.3) is 0 Å². The van der Waals surface area contributed by atoms with Crippen molar-refractivity contribution in [2.45, 2.75) is 5.38 Å². The van der Waals surface area contributed by atoms with Crippen LogP contribution in [0.15, 0.2) is 46.9 Å². The van der Waals surface area contributed by atoms with Gasteiger partial charge >= 0.3 is 0 Å². The first-order valence-electron chi connectivity index (χ1n) is 6.42. The van der Waals surface area contributed by atoms with E-state index in [4.69, 9.17) is 21.1 Å². The van der Waals surface area contributed by atoms with Gasteiger partial charge in [-0.05, 0) is 51.3 Å². The summed E-state index contributed by atoms with van der Waals surface area (Å²) in [5.41, 5.74) is 1.76. The number of halogens is 3. The SMILES string of the molecule is COCCOc1ccc(C(Cl)c2ccc(F)cc2)cc1Br. The molecule has 2 aromatic carbocycles. The molecule has 0 aliphatic heterocycles. The molecule has 2 nitrogen and oxygen atoms in total. The van der Waals surface area contributed by atoms with E-state index < -0.39 is 0 Å². The minimum absolute atomic E-state index is 0.273. The summed E-state index contributed by atoms with van der Waals surface area (Å²) < 4.78 is 24.3. The zero-order valence-electron chi connectivity index (χ0n) is 11.5. The molecule has 0 aliphatic carbocycles. The molecule has 0 heterocycles. The number of ether oxygens (including phenoxy) is 2. The van der Waals surface area contributed by atoms with Gasteiger partial charge in [0.1, 0.15) is 18.2 Å². The van der Waals surface area contributed by atoms with Gasteiger partial charge in [-0.3, -0.25) is 0 Å². The molecule has 1 atom stereocenters. The Kier molecular flexibility index (Phi) is 6.03. The van der Waals surface area contributed by atoms with Gasteiger partial charge in [-0.25, -0.2) is 4.39 Å². The zero-order chi connectivity index (χ0) is 15.2. The summed E-state index contributed by atoms with van der Waals surface area (Å²) in [5, 5.41) is -0.338. The van der Waals surface area contributed by atoms with E-state index in [9.17, 15) is 4.39 Å². The van der Waals surface area contributed by atoms with E-state index in [0.29, 0.717) is 13.2 Å². The fourth-order valence-electron chi connectivity index (χ4n) is 1.85. The molecule has 0 bridgehead atoms. The molecule has 1 unspecified atom stereocenters. The Hall–Kier alpha value is -1.10. The van der Waals surface area contributed by atoms with Crippen molar-refractivity contribution in [3.05, 3.63) is 63.9 Å². The maximum absolute atomic E-state index is 12.9. The van der Waals surface area contributed by atoms with Crippen molar-refractivity contribution in [1.29, 1.82) is 0 Å². The van der Waals surface area contributed by atoms with Gasteiger partial charge in [0.25, 0.3) is 0 Å². The van der Waals surface area contributed by atoms with Gasteiger partial charge in [0.05, 0.1) is 16.5 Å². The molecule has 0 aliphatic rings. The topological polar surface area (TPSA) is 18.5 Å². The number of rotatable bonds is 6. The van der Waals surface area contributed by atoms with Crippen LogP contribution in [0.2, 0.25) is 0 Å². The smallest absolute Gasteiger partial charge is 0.133 e. The fraction of sp³-hybridized carbons (Fsp3) is 0.250. The monoisotopic (exact) mass is 372 g/mol. The first-order chi connectivity index (χ1) is 10.1. The lowest BCUT2D eigenvalue weighted by Crippen LogP contribution is -2.05. The van der Waals surface area contributed by atoms with Gasteiger partial charge in [-0.2, -0.15) is 0 Å². The lowest BCUT2D eigenvalue weighted by molar-refractivity contribution is 0.146. The van der Waals surface area contributed by atoms with Gasteiger partial charge in [0.2, 0.25) is 0 Å². The van der Waals surface area contributed by atoms with E-state index >= 15 is 0 Å². The molecule has 0 fully saturated rings. The summed E-state index contributed by atoms with van der Waals surface area (Å²) in [4.78, 5) is 0. The Morgan fingerprint density at radius 2 is 1.76 bits per heavy atom.